The molecular weight excluding hydrogens is 444 g/mol. The zero-order valence-electron chi connectivity index (χ0n) is 19.0. The molecule has 0 aliphatic carbocycles. The van der Waals surface area contributed by atoms with Gasteiger partial charge in [0.2, 0.25) is 0 Å². The highest BCUT2D eigenvalue weighted by Gasteiger charge is 2.24. The van der Waals surface area contributed by atoms with Crippen molar-refractivity contribution in [3.8, 4) is 11.5 Å². The molecule has 3 heterocycles. The van der Waals surface area contributed by atoms with Crippen molar-refractivity contribution in [3.05, 3.63) is 38.5 Å². The summed E-state index contributed by atoms with van der Waals surface area (Å²) in [6, 6.07) is 3.67. The smallest absolute Gasteiger partial charge is 0.349 e. The maximum absolute atomic E-state index is 12.4. The van der Waals surface area contributed by atoms with E-state index in [0.717, 1.165) is 44.1 Å². The number of hydrogen-bond acceptors (Lipinski definition) is 10. The Bertz CT molecular complexity index is 1220. The number of nitrogens with zero attached hydrogens (tertiary/aromatic N) is 4. The van der Waals surface area contributed by atoms with E-state index in [0.29, 0.717) is 17.6 Å². The maximum Gasteiger partial charge on any atom is 0.349 e. The molecule has 1 fully saturated rings. The highest BCUT2D eigenvalue weighted by Crippen LogP contribution is 2.27. The Labute approximate surface area is 195 Å². The van der Waals surface area contributed by atoms with Gasteiger partial charge < -0.3 is 29.9 Å². The van der Waals surface area contributed by atoms with Crippen molar-refractivity contribution in [1.82, 2.24) is 24.4 Å². The Morgan fingerprint density at radius 2 is 1.94 bits per heavy atom. The molecule has 34 heavy (non-hydrogen) atoms. The van der Waals surface area contributed by atoms with Gasteiger partial charge in [-0.1, -0.05) is 0 Å². The third-order valence-electron chi connectivity index (χ3n) is 6.04. The van der Waals surface area contributed by atoms with E-state index in [4.69, 9.17) is 9.84 Å². The average molecular weight is 475 g/mol. The topological polar surface area (TPSA) is 166 Å². The molecule has 12 nitrogen and oxygen atoms in total. The number of H-pyrrole nitrogens is 1. The molecule has 4 rings (SSSR count). The molecule has 1 aromatic carbocycles. The molecule has 1 saturated heterocycles. The van der Waals surface area contributed by atoms with Gasteiger partial charge in [0.25, 0.3) is 5.56 Å². The van der Waals surface area contributed by atoms with Gasteiger partial charge in [0.05, 0.1) is 43.0 Å². The highest BCUT2D eigenvalue weighted by atomic mass is 16.5. The van der Waals surface area contributed by atoms with Crippen LogP contribution in [0.25, 0.3) is 22.6 Å². The minimum atomic E-state index is -1.26. The molecule has 2 atom stereocenters. The lowest BCUT2D eigenvalue weighted by Crippen LogP contribution is -2.39. The van der Waals surface area contributed by atoms with Gasteiger partial charge >= 0.3 is 5.69 Å². The molecule has 3 aliphatic rings. The summed E-state index contributed by atoms with van der Waals surface area (Å²) in [6.07, 6.45) is -2.47. The summed E-state index contributed by atoms with van der Waals surface area (Å²) >= 11 is 0. The summed E-state index contributed by atoms with van der Waals surface area (Å²) in [5.74, 6) is 0.0135. The predicted octanol–water partition coefficient (Wildman–Crippen LogP) is -1.26. The monoisotopic (exact) mass is 474 g/mol. The number of morpholine rings is 1. The van der Waals surface area contributed by atoms with Crippen LogP contribution in [-0.2, 0) is 11.3 Å². The third-order valence-corrected chi connectivity index (χ3v) is 6.04. The van der Waals surface area contributed by atoms with Gasteiger partial charge in [-0.3, -0.25) is 14.7 Å². The van der Waals surface area contributed by atoms with Gasteiger partial charge in [-0.15, -0.1) is 0 Å². The summed E-state index contributed by atoms with van der Waals surface area (Å²) in [4.78, 5) is 37.1. The van der Waals surface area contributed by atoms with Crippen LogP contribution >= 0.6 is 0 Å². The number of ether oxygens (including phenoxy) is 1. The number of rotatable bonds is 9. The fourth-order valence-corrected chi connectivity index (χ4v) is 4.13. The lowest BCUT2D eigenvalue weighted by molar-refractivity contribution is -0.00282. The largest absolute Gasteiger partial charge is 0.396 e. The van der Waals surface area contributed by atoms with Gasteiger partial charge in [-0.25, -0.2) is 9.78 Å². The maximum atomic E-state index is 12.4. The molecule has 0 bridgehead atoms. The first-order valence-electron chi connectivity index (χ1n) is 11.3. The molecule has 184 valence electrons. The second-order valence-electron chi connectivity index (χ2n) is 8.45. The number of anilines is 1. The van der Waals surface area contributed by atoms with Crippen LogP contribution in [0.2, 0.25) is 0 Å². The quantitative estimate of drug-likeness (QED) is 0.236. The molecule has 0 spiro atoms. The third kappa shape index (κ3) is 5.26. The van der Waals surface area contributed by atoms with Crippen molar-refractivity contribution >= 4 is 16.7 Å². The van der Waals surface area contributed by atoms with Crippen LogP contribution in [0.4, 0.5) is 5.69 Å². The zero-order valence-corrected chi connectivity index (χ0v) is 19.0. The molecule has 12 heteroatoms. The van der Waals surface area contributed by atoms with Crippen molar-refractivity contribution in [2.75, 3.05) is 51.3 Å². The van der Waals surface area contributed by atoms with Gasteiger partial charge in [-0.2, -0.15) is 4.98 Å². The summed E-state index contributed by atoms with van der Waals surface area (Å²) in [5, 5.41) is 33.2. The summed E-state index contributed by atoms with van der Waals surface area (Å²) in [6.45, 7) is 6.27. The molecule has 5 N–H and O–H groups in total. The molecule has 0 saturated carbocycles. The van der Waals surface area contributed by atoms with Crippen molar-refractivity contribution < 1.29 is 20.1 Å². The van der Waals surface area contributed by atoms with Crippen LogP contribution in [-0.4, -0.2) is 97.9 Å². The fourth-order valence-electron chi connectivity index (χ4n) is 4.13. The van der Waals surface area contributed by atoms with E-state index in [1.165, 1.54) is 4.57 Å². The van der Waals surface area contributed by atoms with Crippen molar-refractivity contribution in [2.24, 2.45) is 0 Å². The number of aliphatic hydroxyl groups is 3. The number of nitrogens with one attached hydrogen (secondary N) is 2. The van der Waals surface area contributed by atoms with E-state index in [-0.39, 0.29) is 31.1 Å². The number of aliphatic hydroxyl groups excluding tert-OH is 3. The van der Waals surface area contributed by atoms with Gasteiger partial charge in [0, 0.05) is 38.5 Å². The molecular formula is C22H30N6O6. The minimum absolute atomic E-state index is 0.0135. The van der Waals surface area contributed by atoms with Crippen molar-refractivity contribution in [3.63, 3.8) is 0 Å². The number of fused-ring (bicyclic) bond motifs is 2. The lowest BCUT2D eigenvalue weighted by Gasteiger charge is -2.27. The summed E-state index contributed by atoms with van der Waals surface area (Å²) < 4.78 is 6.90. The van der Waals surface area contributed by atoms with Gasteiger partial charge in [0.15, 0.2) is 11.5 Å². The van der Waals surface area contributed by atoms with E-state index >= 15 is 0 Å². The lowest BCUT2D eigenvalue weighted by atomic mass is 10.1. The Morgan fingerprint density at radius 1 is 1.18 bits per heavy atom. The number of hydrogen-bond donors (Lipinski definition) is 5. The SMILES string of the molecule is Cc1cc2nc3c(=O)[nH]c(=O)nc-3n(CC(O)C(O)CCO)c2cc1NCCN1CCOCC1. The van der Waals surface area contributed by atoms with Crippen molar-refractivity contribution in [2.45, 2.75) is 32.1 Å². The molecule has 0 aromatic heterocycles. The second kappa shape index (κ2) is 10.6. The number of aryl methyl sites for hydroxylation is 1. The Morgan fingerprint density at radius 3 is 2.68 bits per heavy atom. The standard InChI is InChI=1S/C22H30N6O6/c1-13-10-15-16(11-14(13)23-3-4-27-5-8-34-9-6-27)28(12-18(31)17(30)2-7-29)20-19(24-15)21(32)26-22(33)25-20/h10-11,17-18,23,29-31H,2-9,12H2,1H3,(H,26,32,33). The first-order valence-corrected chi connectivity index (χ1v) is 11.3. The number of aromatic amines is 1. The molecule has 0 radical (unpaired) electrons. The Hall–Kier alpha value is -2.90. The van der Waals surface area contributed by atoms with Crippen LogP contribution in [0.3, 0.4) is 0 Å². The van der Waals surface area contributed by atoms with E-state index in [1.807, 2.05) is 19.1 Å². The fraction of sp³-hybridized carbons (Fsp3) is 0.545. The second-order valence-corrected chi connectivity index (χ2v) is 8.45. The van der Waals surface area contributed by atoms with Gasteiger partial charge in [-0.05, 0) is 31.0 Å². The van der Waals surface area contributed by atoms with Crippen LogP contribution in [0.1, 0.15) is 12.0 Å². The van der Waals surface area contributed by atoms with Crippen molar-refractivity contribution in [1.29, 1.82) is 0 Å². The summed E-state index contributed by atoms with van der Waals surface area (Å²) in [7, 11) is 0. The van der Waals surface area contributed by atoms with Crippen LogP contribution in [0, 0.1) is 6.92 Å². The van der Waals surface area contributed by atoms with Crippen LogP contribution in [0.15, 0.2) is 21.7 Å². The molecule has 0 amide bonds. The first kappa shape index (κ1) is 24.2. The molecule has 3 aliphatic heterocycles. The first-order chi connectivity index (χ1) is 16.4. The van der Waals surface area contributed by atoms with Gasteiger partial charge in [0.1, 0.15) is 0 Å². The van der Waals surface area contributed by atoms with Crippen LogP contribution < -0.4 is 16.6 Å². The number of benzene rings is 1. The molecule has 2 unspecified atom stereocenters. The van der Waals surface area contributed by atoms with E-state index in [2.05, 4.69) is 25.2 Å². The number of aromatic nitrogens is 4. The average Bonchev–Trinajstić information content (AvgIpc) is 2.81. The van der Waals surface area contributed by atoms with E-state index < -0.39 is 23.5 Å². The highest BCUT2D eigenvalue weighted by molar-refractivity contribution is 5.84. The van der Waals surface area contributed by atoms with E-state index in [9.17, 15) is 19.8 Å². The van der Waals surface area contributed by atoms with E-state index in [1.54, 1.807) is 0 Å². The predicted molar refractivity (Wildman–Crippen MR) is 125 cm³/mol. The summed E-state index contributed by atoms with van der Waals surface area (Å²) in [5.41, 5.74) is 1.24. The Balaban J connectivity index is 1.73. The minimum Gasteiger partial charge on any atom is -0.396 e. The Kier molecular flexibility index (Phi) is 7.54. The normalized spacial score (nSPS) is 16.7. The van der Waals surface area contributed by atoms with Crippen LogP contribution in [0.5, 0.6) is 0 Å². The molecule has 1 aromatic rings. The zero-order chi connectivity index (χ0) is 24.2.